The van der Waals surface area contributed by atoms with Crippen molar-refractivity contribution in [2.24, 2.45) is 0 Å². The number of nitrogens with two attached hydrogens (primary N) is 1. The molecule has 1 saturated heterocycles. The number of nitrogen functional groups attached to an aromatic ring is 1. The predicted octanol–water partition coefficient (Wildman–Crippen LogP) is 4.11. The Morgan fingerprint density at radius 1 is 1.17 bits per heavy atom. The summed E-state index contributed by atoms with van der Waals surface area (Å²) in [7, 11) is 0. The molecule has 0 spiro atoms. The van der Waals surface area contributed by atoms with Crippen LogP contribution in [0.4, 0.5) is 5.95 Å². The number of aromatic nitrogens is 2. The van der Waals surface area contributed by atoms with Gasteiger partial charge < -0.3 is 10.3 Å². The normalized spacial score (nSPS) is 19.0. The fourth-order valence-corrected chi connectivity index (χ4v) is 3.87. The SMILES string of the molecule is Nc1nc2cc(Cl)ccc2n1C1CCCN(Cc2ccccc2)C1. The summed E-state index contributed by atoms with van der Waals surface area (Å²) in [5, 5.41) is 0.696. The number of fused-ring (bicyclic) bond motifs is 1. The number of anilines is 1. The molecule has 0 bridgehead atoms. The molecule has 24 heavy (non-hydrogen) atoms. The third-order valence-corrected chi connectivity index (χ3v) is 5.01. The maximum absolute atomic E-state index is 6.22. The molecule has 5 heteroatoms. The van der Waals surface area contributed by atoms with Crippen LogP contribution in [0.1, 0.15) is 24.4 Å². The monoisotopic (exact) mass is 340 g/mol. The summed E-state index contributed by atoms with van der Waals surface area (Å²) in [4.78, 5) is 7.00. The Bertz CT molecular complexity index is 843. The third-order valence-electron chi connectivity index (χ3n) is 4.77. The number of halogens is 1. The first-order valence-electron chi connectivity index (χ1n) is 8.40. The molecule has 1 fully saturated rings. The summed E-state index contributed by atoms with van der Waals surface area (Å²) in [6, 6.07) is 16.8. The number of likely N-dealkylation sites (tertiary alicyclic amines) is 1. The molecule has 4 rings (SSSR count). The summed E-state index contributed by atoms with van der Waals surface area (Å²) in [6.07, 6.45) is 2.30. The molecule has 1 aliphatic rings. The van der Waals surface area contributed by atoms with Gasteiger partial charge in [-0.15, -0.1) is 0 Å². The van der Waals surface area contributed by atoms with Crippen LogP contribution in [0.25, 0.3) is 11.0 Å². The Kier molecular flexibility index (Phi) is 4.17. The molecule has 2 aromatic carbocycles. The van der Waals surface area contributed by atoms with Crippen molar-refractivity contribution in [2.75, 3.05) is 18.8 Å². The van der Waals surface area contributed by atoms with Crippen LogP contribution in [0.2, 0.25) is 5.02 Å². The molecule has 1 unspecified atom stereocenters. The average Bonchev–Trinajstić information content (AvgIpc) is 2.91. The number of benzene rings is 2. The van der Waals surface area contributed by atoms with Crippen LogP contribution >= 0.6 is 11.6 Å². The molecule has 0 saturated carbocycles. The van der Waals surface area contributed by atoms with E-state index in [0.717, 1.165) is 37.1 Å². The van der Waals surface area contributed by atoms with Crippen LogP contribution in [-0.4, -0.2) is 27.5 Å². The summed E-state index contributed by atoms with van der Waals surface area (Å²) >= 11 is 6.08. The van der Waals surface area contributed by atoms with Crippen molar-refractivity contribution in [3.63, 3.8) is 0 Å². The zero-order chi connectivity index (χ0) is 16.5. The molecule has 0 aliphatic carbocycles. The second-order valence-electron chi connectivity index (χ2n) is 6.49. The minimum absolute atomic E-state index is 0.355. The second kappa shape index (κ2) is 6.46. The van der Waals surface area contributed by atoms with Crippen LogP contribution < -0.4 is 5.73 Å². The Morgan fingerprint density at radius 2 is 2.00 bits per heavy atom. The minimum Gasteiger partial charge on any atom is -0.369 e. The van der Waals surface area contributed by atoms with Gasteiger partial charge in [0.2, 0.25) is 5.95 Å². The van der Waals surface area contributed by atoms with Gasteiger partial charge in [0, 0.05) is 24.2 Å². The molecule has 1 aromatic heterocycles. The highest BCUT2D eigenvalue weighted by Crippen LogP contribution is 2.30. The number of nitrogens with zero attached hydrogens (tertiary/aromatic N) is 3. The first-order valence-corrected chi connectivity index (χ1v) is 8.78. The lowest BCUT2D eigenvalue weighted by atomic mass is 10.0. The zero-order valence-corrected chi connectivity index (χ0v) is 14.3. The summed E-state index contributed by atoms with van der Waals surface area (Å²) in [5.74, 6) is 0.582. The van der Waals surface area contributed by atoms with Crippen LogP contribution in [0, 0.1) is 0 Å². The van der Waals surface area contributed by atoms with Crippen molar-refractivity contribution in [3.05, 3.63) is 59.1 Å². The maximum atomic E-state index is 6.22. The highest BCUT2D eigenvalue weighted by Gasteiger charge is 2.24. The lowest BCUT2D eigenvalue weighted by molar-refractivity contribution is 0.173. The van der Waals surface area contributed by atoms with Crippen molar-refractivity contribution < 1.29 is 0 Å². The molecule has 4 nitrogen and oxygen atoms in total. The molecule has 0 radical (unpaired) electrons. The van der Waals surface area contributed by atoms with Crippen molar-refractivity contribution >= 4 is 28.6 Å². The molecular weight excluding hydrogens is 320 g/mol. The smallest absolute Gasteiger partial charge is 0.201 e. The van der Waals surface area contributed by atoms with E-state index < -0.39 is 0 Å². The molecule has 2 N–H and O–H groups in total. The van der Waals surface area contributed by atoms with Gasteiger partial charge in [-0.3, -0.25) is 4.90 Å². The van der Waals surface area contributed by atoms with Gasteiger partial charge in [-0.05, 0) is 43.1 Å². The van der Waals surface area contributed by atoms with Crippen LogP contribution in [0.15, 0.2) is 48.5 Å². The fourth-order valence-electron chi connectivity index (χ4n) is 3.70. The predicted molar refractivity (Wildman–Crippen MR) is 99.1 cm³/mol. The first-order chi connectivity index (χ1) is 11.7. The number of rotatable bonds is 3. The summed E-state index contributed by atoms with van der Waals surface area (Å²) in [6.45, 7) is 3.10. The van der Waals surface area contributed by atoms with Crippen molar-refractivity contribution in [1.82, 2.24) is 14.5 Å². The van der Waals surface area contributed by atoms with Gasteiger partial charge in [-0.2, -0.15) is 0 Å². The molecular formula is C19H21ClN4. The third kappa shape index (κ3) is 2.99. The number of imidazole rings is 1. The second-order valence-corrected chi connectivity index (χ2v) is 6.93. The van der Waals surface area contributed by atoms with E-state index in [9.17, 15) is 0 Å². The molecule has 1 atom stereocenters. The van der Waals surface area contributed by atoms with E-state index >= 15 is 0 Å². The average molecular weight is 341 g/mol. The molecule has 2 heterocycles. The van der Waals surface area contributed by atoms with E-state index in [-0.39, 0.29) is 0 Å². The van der Waals surface area contributed by atoms with Crippen LogP contribution in [-0.2, 0) is 6.54 Å². The van der Waals surface area contributed by atoms with E-state index in [2.05, 4.69) is 44.8 Å². The number of hydrogen-bond acceptors (Lipinski definition) is 3. The summed E-state index contributed by atoms with van der Waals surface area (Å²) < 4.78 is 2.18. The van der Waals surface area contributed by atoms with Gasteiger partial charge in [-0.25, -0.2) is 4.98 Å². The highest BCUT2D eigenvalue weighted by molar-refractivity contribution is 6.31. The lowest BCUT2D eigenvalue weighted by Crippen LogP contribution is -2.36. The quantitative estimate of drug-likeness (QED) is 0.780. The van der Waals surface area contributed by atoms with Gasteiger partial charge in [0.25, 0.3) is 0 Å². The van der Waals surface area contributed by atoms with E-state index in [0.29, 0.717) is 17.0 Å². The van der Waals surface area contributed by atoms with Crippen molar-refractivity contribution in [2.45, 2.75) is 25.4 Å². The van der Waals surface area contributed by atoms with Crippen molar-refractivity contribution in [3.8, 4) is 0 Å². The Labute approximate surface area is 146 Å². The topological polar surface area (TPSA) is 47.1 Å². The van der Waals surface area contributed by atoms with E-state index in [1.807, 2.05) is 18.2 Å². The standard InChI is InChI=1S/C19H21ClN4/c20-15-8-9-18-17(11-15)22-19(21)24(18)16-7-4-10-23(13-16)12-14-5-2-1-3-6-14/h1-3,5-6,8-9,11,16H,4,7,10,12-13H2,(H2,21,22). The lowest BCUT2D eigenvalue weighted by Gasteiger charge is -2.34. The Balaban J connectivity index is 1.59. The van der Waals surface area contributed by atoms with Gasteiger partial charge in [0.15, 0.2) is 0 Å². The first kappa shape index (κ1) is 15.5. The fraction of sp³-hybridized carbons (Fsp3) is 0.316. The molecule has 124 valence electrons. The number of hydrogen-bond donors (Lipinski definition) is 1. The van der Waals surface area contributed by atoms with Gasteiger partial charge >= 0.3 is 0 Å². The minimum atomic E-state index is 0.355. The Hall–Kier alpha value is -2.04. The van der Waals surface area contributed by atoms with E-state index in [1.165, 1.54) is 12.0 Å². The Morgan fingerprint density at radius 3 is 2.83 bits per heavy atom. The van der Waals surface area contributed by atoms with Crippen LogP contribution in [0.5, 0.6) is 0 Å². The van der Waals surface area contributed by atoms with Gasteiger partial charge in [0.1, 0.15) is 0 Å². The largest absolute Gasteiger partial charge is 0.369 e. The molecule has 3 aromatic rings. The molecule has 0 amide bonds. The maximum Gasteiger partial charge on any atom is 0.201 e. The summed E-state index contributed by atoms with van der Waals surface area (Å²) in [5.41, 5.74) is 9.53. The number of piperidine rings is 1. The highest BCUT2D eigenvalue weighted by atomic mass is 35.5. The van der Waals surface area contributed by atoms with Gasteiger partial charge in [0.05, 0.1) is 11.0 Å². The molecule has 1 aliphatic heterocycles. The zero-order valence-electron chi connectivity index (χ0n) is 13.5. The van der Waals surface area contributed by atoms with E-state index in [4.69, 9.17) is 17.3 Å². The van der Waals surface area contributed by atoms with E-state index in [1.54, 1.807) is 0 Å². The van der Waals surface area contributed by atoms with Gasteiger partial charge in [-0.1, -0.05) is 41.9 Å². The van der Waals surface area contributed by atoms with Crippen LogP contribution in [0.3, 0.4) is 0 Å². The van der Waals surface area contributed by atoms with Crippen molar-refractivity contribution in [1.29, 1.82) is 0 Å².